The maximum Gasteiger partial charge on any atom is 0.416 e. The molecule has 0 N–H and O–H groups in total. The summed E-state index contributed by atoms with van der Waals surface area (Å²) < 4.78 is 40.3. The topological polar surface area (TPSA) is 25.2 Å². The number of alkyl halides is 3. The van der Waals surface area contributed by atoms with Crippen LogP contribution in [0, 0.1) is 0 Å². The van der Waals surface area contributed by atoms with Crippen LogP contribution in [0.5, 0.6) is 0 Å². The zero-order valence-electron chi connectivity index (χ0n) is 18.1. The highest BCUT2D eigenvalue weighted by Crippen LogP contribution is 2.34. The van der Waals surface area contributed by atoms with Crippen LogP contribution in [0.3, 0.4) is 0 Å². The van der Waals surface area contributed by atoms with E-state index in [0.717, 1.165) is 33.5 Å². The Morgan fingerprint density at radius 1 is 1.00 bits per heavy atom. The molecule has 3 rings (SSSR count). The van der Waals surface area contributed by atoms with Crippen molar-refractivity contribution in [3.05, 3.63) is 65.9 Å². The second-order valence-corrected chi connectivity index (χ2v) is 9.13. The molecule has 0 radical (unpaired) electrons. The number of carbonyl (C=O) groups excluding carboxylic acids is 1. The highest BCUT2D eigenvalue weighted by molar-refractivity contribution is 7.98. The molecule has 3 aromatic rings. The van der Waals surface area contributed by atoms with Crippen LogP contribution in [0.15, 0.2) is 59.6 Å². The number of benzene rings is 2. The van der Waals surface area contributed by atoms with Gasteiger partial charge in [0.15, 0.2) is 0 Å². The Morgan fingerprint density at radius 3 is 2.19 bits per heavy atom. The molecule has 0 fully saturated rings. The van der Waals surface area contributed by atoms with E-state index < -0.39 is 11.7 Å². The second-order valence-electron chi connectivity index (χ2n) is 8.11. The van der Waals surface area contributed by atoms with Gasteiger partial charge in [-0.15, -0.1) is 11.8 Å². The fourth-order valence-electron chi connectivity index (χ4n) is 3.81. The lowest BCUT2D eigenvalue weighted by Crippen LogP contribution is -2.43. The van der Waals surface area contributed by atoms with Crippen LogP contribution >= 0.6 is 11.8 Å². The van der Waals surface area contributed by atoms with Crippen molar-refractivity contribution in [2.75, 3.05) is 0 Å². The smallest absolute Gasteiger partial charge is 0.337 e. The minimum Gasteiger partial charge on any atom is -0.337 e. The molecular formula is C24H27F3N2OS. The van der Waals surface area contributed by atoms with Crippen LogP contribution in [0.4, 0.5) is 13.2 Å². The van der Waals surface area contributed by atoms with Crippen molar-refractivity contribution in [2.45, 2.75) is 63.1 Å². The van der Waals surface area contributed by atoms with E-state index in [1.54, 1.807) is 11.8 Å². The van der Waals surface area contributed by atoms with Crippen LogP contribution in [-0.4, -0.2) is 27.5 Å². The molecular weight excluding hydrogens is 421 g/mol. The predicted molar refractivity (Wildman–Crippen MR) is 120 cm³/mol. The number of halogens is 3. The van der Waals surface area contributed by atoms with Crippen molar-refractivity contribution in [2.24, 2.45) is 0 Å². The van der Waals surface area contributed by atoms with Crippen molar-refractivity contribution >= 4 is 28.6 Å². The normalized spacial score (nSPS) is 12.2. The van der Waals surface area contributed by atoms with Crippen molar-refractivity contribution in [3.63, 3.8) is 0 Å². The molecule has 0 spiro atoms. The van der Waals surface area contributed by atoms with Crippen LogP contribution in [-0.2, 0) is 23.3 Å². The number of carbonyl (C=O) groups is 1. The Bertz CT molecular complexity index is 1030. The van der Waals surface area contributed by atoms with E-state index in [9.17, 15) is 18.0 Å². The molecule has 0 aliphatic rings. The Kier molecular flexibility index (Phi) is 7.04. The van der Waals surface area contributed by atoms with Crippen molar-refractivity contribution in [1.29, 1.82) is 0 Å². The third-order valence-corrected chi connectivity index (χ3v) is 6.25. The largest absolute Gasteiger partial charge is 0.416 e. The van der Waals surface area contributed by atoms with Gasteiger partial charge in [-0.05, 0) is 51.5 Å². The lowest BCUT2D eigenvalue weighted by Gasteiger charge is -2.31. The molecule has 1 amide bonds. The highest BCUT2D eigenvalue weighted by atomic mass is 32.2. The fourth-order valence-corrected chi connectivity index (χ4v) is 4.85. The molecule has 0 saturated heterocycles. The second kappa shape index (κ2) is 9.39. The van der Waals surface area contributed by atoms with E-state index in [4.69, 9.17) is 0 Å². The van der Waals surface area contributed by atoms with E-state index in [1.165, 1.54) is 12.1 Å². The average Bonchev–Trinajstić information content (AvgIpc) is 3.03. The third kappa shape index (κ3) is 5.45. The lowest BCUT2D eigenvalue weighted by atomic mass is 10.1. The summed E-state index contributed by atoms with van der Waals surface area (Å²) in [4.78, 5) is 15.8. The van der Waals surface area contributed by atoms with Crippen LogP contribution in [0.25, 0.3) is 10.9 Å². The molecule has 1 aromatic heterocycles. The number of amides is 1. The van der Waals surface area contributed by atoms with E-state index in [1.807, 2.05) is 67.6 Å². The first kappa shape index (κ1) is 23.3. The van der Waals surface area contributed by atoms with Crippen molar-refractivity contribution < 1.29 is 18.0 Å². The average molecular weight is 449 g/mol. The SMILES string of the molecule is CC(C)N(C(=O)Cn1cc(SCc2ccc(C(F)(F)F)cc2)c2ccccc21)C(C)C. The Labute approximate surface area is 185 Å². The number of hydrogen-bond acceptors (Lipinski definition) is 2. The van der Waals surface area contributed by atoms with Gasteiger partial charge in [-0.25, -0.2) is 0 Å². The molecule has 3 nitrogen and oxygen atoms in total. The van der Waals surface area contributed by atoms with Gasteiger partial charge < -0.3 is 9.47 Å². The minimum atomic E-state index is -4.33. The van der Waals surface area contributed by atoms with Gasteiger partial charge in [0.2, 0.25) is 5.91 Å². The molecule has 166 valence electrons. The third-order valence-electron chi connectivity index (χ3n) is 5.13. The van der Waals surface area contributed by atoms with E-state index in [0.29, 0.717) is 5.75 Å². The van der Waals surface area contributed by atoms with Gasteiger partial charge >= 0.3 is 6.18 Å². The Morgan fingerprint density at radius 2 is 1.61 bits per heavy atom. The number of aromatic nitrogens is 1. The first-order chi connectivity index (χ1) is 14.6. The van der Waals surface area contributed by atoms with E-state index in [2.05, 4.69) is 0 Å². The lowest BCUT2D eigenvalue weighted by molar-refractivity contribution is -0.137. The molecule has 0 bridgehead atoms. The highest BCUT2D eigenvalue weighted by Gasteiger charge is 2.30. The van der Waals surface area contributed by atoms with Crippen molar-refractivity contribution in [1.82, 2.24) is 9.47 Å². The molecule has 0 aliphatic carbocycles. The molecule has 1 heterocycles. The summed E-state index contributed by atoms with van der Waals surface area (Å²) in [7, 11) is 0. The maximum absolute atomic E-state index is 12.9. The van der Waals surface area contributed by atoms with Gasteiger partial charge in [-0.3, -0.25) is 4.79 Å². The van der Waals surface area contributed by atoms with Crippen LogP contribution in [0.2, 0.25) is 0 Å². The zero-order chi connectivity index (χ0) is 22.8. The number of rotatable bonds is 7. The number of hydrogen-bond donors (Lipinski definition) is 0. The van der Waals surface area contributed by atoms with Crippen LogP contribution in [0.1, 0.15) is 38.8 Å². The summed E-state index contributed by atoms with van der Waals surface area (Å²) in [6, 6.07) is 13.4. The van der Waals surface area contributed by atoms with E-state index >= 15 is 0 Å². The van der Waals surface area contributed by atoms with Gasteiger partial charge in [0.05, 0.1) is 5.56 Å². The van der Waals surface area contributed by atoms with Gasteiger partial charge in [-0.2, -0.15) is 13.2 Å². The molecule has 0 saturated carbocycles. The Balaban J connectivity index is 1.80. The quantitative estimate of drug-likeness (QED) is 0.381. The number of nitrogens with zero attached hydrogens (tertiary/aromatic N) is 2. The number of fused-ring (bicyclic) bond motifs is 1. The zero-order valence-corrected chi connectivity index (χ0v) is 18.9. The molecule has 0 aliphatic heterocycles. The molecule has 2 aromatic carbocycles. The molecule has 7 heteroatoms. The monoisotopic (exact) mass is 448 g/mol. The standard InChI is InChI=1S/C24H27F3N2OS/c1-16(2)29(17(3)4)23(30)14-28-13-22(20-7-5-6-8-21(20)28)31-15-18-9-11-19(12-10-18)24(25,26)27/h5-13,16-17H,14-15H2,1-4H3. The first-order valence-corrected chi connectivity index (χ1v) is 11.2. The van der Waals surface area contributed by atoms with Crippen LogP contribution < -0.4 is 0 Å². The summed E-state index contributed by atoms with van der Waals surface area (Å²) >= 11 is 1.56. The number of para-hydroxylation sites is 1. The molecule has 0 atom stereocenters. The predicted octanol–water partition coefficient (Wildman–Crippen LogP) is 6.60. The van der Waals surface area contributed by atoms with Gasteiger partial charge in [0.1, 0.15) is 6.54 Å². The Hall–Kier alpha value is -2.41. The minimum absolute atomic E-state index is 0.0602. The van der Waals surface area contributed by atoms with Gasteiger partial charge in [-0.1, -0.05) is 30.3 Å². The van der Waals surface area contributed by atoms with Gasteiger partial charge in [0, 0.05) is 39.8 Å². The summed E-state index contributed by atoms with van der Waals surface area (Å²) in [5.41, 5.74) is 1.14. The molecule has 0 unspecified atom stereocenters. The maximum atomic E-state index is 12.9. The van der Waals surface area contributed by atoms with Gasteiger partial charge in [0.25, 0.3) is 0 Å². The summed E-state index contributed by atoms with van der Waals surface area (Å²) in [5.74, 6) is 0.606. The number of thioether (sulfide) groups is 1. The molecule has 31 heavy (non-hydrogen) atoms. The summed E-state index contributed by atoms with van der Waals surface area (Å²) in [6.45, 7) is 8.29. The first-order valence-electron chi connectivity index (χ1n) is 10.3. The van der Waals surface area contributed by atoms with Crippen molar-refractivity contribution in [3.8, 4) is 0 Å². The summed E-state index contributed by atoms with van der Waals surface area (Å²) in [6.07, 6.45) is -2.36. The summed E-state index contributed by atoms with van der Waals surface area (Å²) in [5, 5.41) is 1.04. The fraction of sp³-hybridized carbons (Fsp3) is 0.375. The van der Waals surface area contributed by atoms with E-state index in [-0.39, 0.29) is 24.5 Å².